The normalized spacial score (nSPS) is 10.4. The van der Waals surface area contributed by atoms with Crippen LogP contribution in [0.15, 0.2) is 36.7 Å². The molecular weight excluding hydrogens is 288 g/mol. The summed E-state index contributed by atoms with van der Waals surface area (Å²) in [4.78, 5) is 13.3. The van der Waals surface area contributed by atoms with Crippen LogP contribution < -0.4 is 9.47 Å². The quantitative estimate of drug-likeness (QED) is 0.271. The van der Waals surface area contributed by atoms with Gasteiger partial charge in [-0.15, -0.1) is 0 Å². The monoisotopic (exact) mass is 319 g/mol. The largest absolute Gasteiger partial charge is 0.462 e. The molecule has 128 valence electrons. The lowest BCUT2D eigenvalue weighted by Crippen LogP contribution is -2.32. The van der Waals surface area contributed by atoms with Crippen LogP contribution in [0.3, 0.4) is 0 Å². The number of unbranched alkanes of at least 4 members (excludes halogenated alkanes) is 5. The van der Waals surface area contributed by atoms with Crippen LogP contribution in [0.25, 0.3) is 0 Å². The van der Waals surface area contributed by atoms with E-state index in [-0.39, 0.29) is 5.97 Å². The first kappa shape index (κ1) is 19.2. The van der Waals surface area contributed by atoms with Crippen molar-refractivity contribution in [3.63, 3.8) is 0 Å². The predicted octanol–water partition coefficient (Wildman–Crippen LogP) is 3.50. The number of anilines is 1. The van der Waals surface area contributed by atoms with Gasteiger partial charge >= 0.3 is 5.97 Å². The Morgan fingerprint density at radius 2 is 1.65 bits per heavy atom. The molecule has 4 heteroatoms. The van der Waals surface area contributed by atoms with Crippen LogP contribution in [0.1, 0.15) is 45.4 Å². The summed E-state index contributed by atoms with van der Waals surface area (Å²) in [7, 11) is 4.11. The topological polar surface area (TPSA) is 33.4 Å². The number of hydrogen-bond donors (Lipinski definition) is 0. The van der Waals surface area contributed by atoms with Crippen molar-refractivity contribution in [1.82, 2.24) is 0 Å². The van der Waals surface area contributed by atoms with E-state index in [4.69, 9.17) is 4.74 Å². The van der Waals surface area contributed by atoms with Gasteiger partial charge in [-0.25, -0.2) is 9.36 Å². The number of ether oxygens (including phenoxy) is 1. The van der Waals surface area contributed by atoms with Gasteiger partial charge in [-0.05, 0) is 19.8 Å². The molecule has 0 aliphatic carbocycles. The molecule has 23 heavy (non-hydrogen) atoms. The smallest absolute Gasteiger partial charge is 0.333 e. The van der Waals surface area contributed by atoms with Crippen LogP contribution in [0.4, 0.5) is 5.69 Å². The zero-order valence-electron chi connectivity index (χ0n) is 14.9. The van der Waals surface area contributed by atoms with Gasteiger partial charge in [0, 0.05) is 43.9 Å². The molecule has 0 amide bonds. The number of aromatic nitrogens is 1. The maximum absolute atomic E-state index is 11.2. The average molecular weight is 319 g/mol. The molecule has 0 aliphatic rings. The van der Waals surface area contributed by atoms with Crippen LogP contribution in [0.2, 0.25) is 0 Å². The number of pyridine rings is 1. The molecule has 4 nitrogen and oxygen atoms in total. The lowest BCUT2D eigenvalue weighted by Gasteiger charge is -2.10. The lowest BCUT2D eigenvalue weighted by molar-refractivity contribution is -0.697. The zero-order valence-corrected chi connectivity index (χ0v) is 14.9. The number of hydrogen-bond acceptors (Lipinski definition) is 3. The average Bonchev–Trinajstić information content (AvgIpc) is 2.53. The molecule has 0 fully saturated rings. The van der Waals surface area contributed by atoms with E-state index in [1.807, 2.05) is 0 Å². The number of carbonyl (C=O) groups excluding carboxylic acids is 1. The maximum atomic E-state index is 11.2. The molecule has 0 N–H and O–H groups in total. The highest BCUT2D eigenvalue weighted by atomic mass is 16.5. The van der Waals surface area contributed by atoms with Crippen LogP contribution in [-0.2, 0) is 16.1 Å². The first-order chi connectivity index (χ1) is 11.0. The fraction of sp³-hybridized carbons (Fsp3) is 0.579. The highest BCUT2D eigenvalue weighted by Crippen LogP contribution is 2.08. The van der Waals surface area contributed by atoms with Crippen molar-refractivity contribution < 1.29 is 14.1 Å². The van der Waals surface area contributed by atoms with Crippen molar-refractivity contribution in [3.05, 3.63) is 36.7 Å². The molecule has 0 radical (unpaired) electrons. The summed E-state index contributed by atoms with van der Waals surface area (Å²) in [5.41, 5.74) is 1.70. The van der Waals surface area contributed by atoms with Crippen molar-refractivity contribution >= 4 is 11.7 Å². The van der Waals surface area contributed by atoms with E-state index in [9.17, 15) is 4.79 Å². The van der Waals surface area contributed by atoms with Crippen molar-refractivity contribution in [2.24, 2.45) is 0 Å². The Balaban J connectivity index is 1.99. The molecule has 0 saturated carbocycles. The second-order valence-electron chi connectivity index (χ2n) is 6.23. The molecule has 0 bridgehead atoms. The molecule has 0 aromatic carbocycles. The van der Waals surface area contributed by atoms with Crippen LogP contribution in [0, 0.1) is 0 Å². The highest BCUT2D eigenvalue weighted by Gasteiger charge is 2.03. The third-order valence-electron chi connectivity index (χ3n) is 3.78. The fourth-order valence-corrected chi connectivity index (χ4v) is 2.29. The summed E-state index contributed by atoms with van der Waals surface area (Å²) in [6.45, 7) is 6.83. The molecule has 0 aliphatic heterocycles. The summed E-state index contributed by atoms with van der Waals surface area (Å²) >= 11 is 0. The van der Waals surface area contributed by atoms with Gasteiger partial charge in [-0.3, -0.25) is 0 Å². The number of rotatable bonds is 11. The Morgan fingerprint density at radius 1 is 1.09 bits per heavy atom. The predicted molar refractivity (Wildman–Crippen MR) is 94.4 cm³/mol. The number of nitrogens with zero attached hydrogens (tertiary/aromatic N) is 2. The molecule has 0 unspecified atom stereocenters. The first-order valence-electron chi connectivity index (χ1n) is 8.50. The van der Waals surface area contributed by atoms with Gasteiger partial charge in [0.2, 0.25) is 0 Å². The molecule has 1 heterocycles. The van der Waals surface area contributed by atoms with Gasteiger partial charge in [0.25, 0.3) is 0 Å². The summed E-state index contributed by atoms with van der Waals surface area (Å²) in [6, 6.07) is 4.29. The highest BCUT2D eigenvalue weighted by molar-refractivity contribution is 5.86. The summed E-state index contributed by atoms with van der Waals surface area (Å²) in [5, 5.41) is 0. The second-order valence-corrected chi connectivity index (χ2v) is 6.23. The Kier molecular flexibility index (Phi) is 9.03. The van der Waals surface area contributed by atoms with E-state index >= 15 is 0 Å². The summed E-state index contributed by atoms with van der Waals surface area (Å²) in [6.07, 6.45) is 11.2. The molecule has 0 saturated heterocycles. The van der Waals surface area contributed by atoms with E-state index in [2.05, 4.69) is 54.7 Å². The zero-order chi connectivity index (χ0) is 17.1. The molecule has 0 spiro atoms. The lowest BCUT2D eigenvalue weighted by atomic mass is 10.1. The van der Waals surface area contributed by atoms with Crippen molar-refractivity contribution in [2.75, 3.05) is 25.6 Å². The fourth-order valence-electron chi connectivity index (χ4n) is 2.29. The summed E-state index contributed by atoms with van der Waals surface area (Å²) < 4.78 is 7.31. The van der Waals surface area contributed by atoms with Crippen LogP contribution >= 0.6 is 0 Å². The number of esters is 1. The number of aryl methyl sites for hydroxylation is 1. The van der Waals surface area contributed by atoms with Crippen molar-refractivity contribution in [3.8, 4) is 0 Å². The Hall–Kier alpha value is -1.84. The minimum absolute atomic E-state index is 0.276. The van der Waals surface area contributed by atoms with E-state index in [1.165, 1.54) is 31.4 Å². The van der Waals surface area contributed by atoms with Gasteiger partial charge < -0.3 is 9.64 Å². The molecule has 1 aromatic heterocycles. The first-order valence-corrected chi connectivity index (χ1v) is 8.50. The van der Waals surface area contributed by atoms with Crippen LogP contribution in [-0.4, -0.2) is 26.7 Å². The van der Waals surface area contributed by atoms with Crippen molar-refractivity contribution in [1.29, 1.82) is 0 Å². The van der Waals surface area contributed by atoms with Crippen LogP contribution in [0.5, 0.6) is 0 Å². The van der Waals surface area contributed by atoms with Gasteiger partial charge in [0.05, 0.1) is 6.61 Å². The second kappa shape index (κ2) is 10.8. The SMILES string of the molecule is C=C(C)C(=O)OCCCCCCCC[n+]1ccc(N(C)C)cc1. The number of carbonyl (C=O) groups is 1. The standard InChI is InChI=1S/C19H31N2O2/c1-17(2)19(22)23-16-10-8-6-5-7-9-13-21-14-11-18(12-15-21)20(3)4/h11-12,14-15H,1,5-10,13,16H2,2-4H3/q+1. The summed E-state index contributed by atoms with van der Waals surface area (Å²) in [5.74, 6) is -0.276. The van der Waals surface area contributed by atoms with Crippen molar-refractivity contribution in [2.45, 2.75) is 52.0 Å². The third-order valence-corrected chi connectivity index (χ3v) is 3.78. The third kappa shape index (κ3) is 8.38. The van der Waals surface area contributed by atoms with E-state index in [0.29, 0.717) is 12.2 Å². The van der Waals surface area contributed by atoms with Gasteiger partial charge in [-0.2, -0.15) is 0 Å². The van der Waals surface area contributed by atoms with E-state index in [1.54, 1.807) is 6.92 Å². The molecular formula is C19H31N2O2+. The maximum Gasteiger partial charge on any atom is 0.333 e. The Labute approximate surface area is 140 Å². The van der Waals surface area contributed by atoms with Gasteiger partial charge in [0.1, 0.15) is 6.54 Å². The van der Waals surface area contributed by atoms with Gasteiger partial charge in [-0.1, -0.05) is 25.8 Å². The molecule has 1 aromatic rings. The van der Waals surface area contributed by atoms with E-state index in [0.717, 1.165) is 19.4 Å². The Bertz CT molecular complexity index is 481. The van der Waals surface area contributed by atoms with E-state index < -0.39 is 0 Å². The molecule has 1 rings (SSSR count). The minimum atomic E-state index is -0.276. The molecule has 0 atom stereocenters. The Morgan fingerprint density at radius 3 is 2.22 bits per heavy atom. The van der Waals surface area contributed by atoms with Gasteiger partial charge in [0.15, 0.2) is 12.4 Å². The minimum Gasteiger partial charge on any atom is -0.462 e.